The van der Waals surface area contributed by atoms with Gasteiger partial charge in [-0.2, -0.15) is 9.97 Å². The highest BCUT2D eigenvalue weighted by molar-refractivity contribution is 5.85. The van der Waals surface area contributed by atoms with Gasteiger partial charge in [0.05, 0.1) is 5.92 Å². The quantitative estimate of drug-likeness (QED) is 0.674. The van der Waals surface area contributed by atoms with Crippen molar-refractivity contribution in [3.63, 3.8) is 0 Å². The van der Waals surface area contributed by atoms with Crippen molar-refractivity contribution in [1.29, 1.82) is 0 Å². The largest absolute Gasteiger partial charge is 0.481 e. The number of likely N-dealkylation sites (N-methyl/N-ethyl adjacent to an activating group) is 1. The number of para-hydroxylation sites is 1. The molecular weight excluding hydrogens is 382 g/mol. The van der Waals surface area contributed by atoms with Gasteiger partial charge in [0.1, 0.15) is 0 Å². The number of carboxylic acid groups (broad SMARTS) is 1. The van der Waals surface area contributed by atoms with Crippen molar-refractivity contribution in [2.24, 2.45) is 5.92 Å². The third-order valence-corrected chi connectivity index (χ3v) is 5.07. The van der Waals surface area contributed by atoms with Crippen molar-refractivity contribution >= 4 is 34.6 Å². The summed E-state index contributed by atoms with van der Waals surface area (Å²) in [4.78, 5) is 32.4. The number of anilines is 3. The summed E-state index contributed by atoms with van der Waals surface area (Å²) in [6.07, 6.45) is 5.12. The molecule has 9 heteroatoms. The zero-order valence-electron chi connectivity index (χ0n) is 16.9. The highest BCUT2D eigenvalue weighted by Gasteiger charge is 2.28. The topological polar surface area (TPSA) is 107 Å². The molecule has 0 amide bonds. The molecular formula is C21H25N7O2. The number of benzene rings is 1. The van der Waals surface area contributed by atoms with E-state index in [1.807, 2.05) is 30.3 Å². The average molecular weight is 407 g/mol. The van der Waals surface area contributed by atoms with Gasteiger partial charge in [-0.25, -0.2) is 9.97 Å². The molecule has 0 radical (unpaired) electrons. The number of carboxylic acids is 1. The molecule has 2 N–H and O–H groups in total. The maximum Gasteiger partial charge on any atom is 0.306 e. The van der Waals surface area contributed by atoms with Crippen LogP contribution in [0.15, 0.2) is 42.7 Å². The Labute approximate surface area is 174 Å². The van der Waals surface area contributed by atoms with Crippen LogP contribution in [0.5, 0.6) is 0 Å². The summed E-state index contributed by atoms with van der Waals surface area (Å²) in [5.74, 6) is 0.780. The fraction of sp³-hybridized carbons (Fsp3) is 0.381. The van der Waals surface area contributed by atoms with Gasteiger partial charge < -0.3 is 20.2 Å². The van der Waals surface area contributed by atoms with Gasteiger partial charge in [0.15, 0.2) is 17.0 Å². The molecule has 0 spiro atoms. The van der Waals surface area contributed by atoms with E-state index in [1.165, 1.54) is 0 Å². The summed E-state index contributed by atoms with van der Waals surface area (Å²) in [5.41, 5.74) is 2.26. The molecule has 2 aromatic heterocycles. The van der Waals surface area contributed by atoms with Crippen LogP contribution in [0.2, 0.25) is 0 Å². The first-order valence-electron chi connectivity index (χ1n) is 10.1. The number of rotatable bonds is 4. The average Bonchev–Trinajstić information content (AvgIpc) is 3.61. The van der Waals surface area contributed by atoms with Gasteiger partial charge in [-0.05, 0) is 32.0 Å². The van der Waals surface area contributed by atoms with Crippen molar-refractivity contribution in [1.82, 2.24) is 24.8 Å². The van der Waals surface area contributed by atoms with Gasteiger partial charge in [0, 0.05) is 44.3 Å². The Kier molecular flexibility index (Phi) is 5.99. The smallest absolute Gasteiger partial charge is 0.306 e. The van der Waals surface area contributed by atoms with Crippen LogP contribution in [0.25, 0.3) is 11.2 Å². The van der Waals surface area contributed by atoms with E-state index >= 15 is 0 Å². The minimum atomic E-state index is -0.630. The van der Waals surface area contributed by atoms with E-state index in [0.717, 1.165) is 44.7 Å². The Balaban J connectivity index is 0.000000313. The van der Waals surface area contributed by atoms with Crippen molar-refractivity contribution < 1.29 is 9.90 Å². The highest BCUT2D eigenvalue weighted by atomic mass is 16.4. The van der Waals surface area contributed by atoms with Crippen LogP contribution in [0.3, 0.4) is 0 Å². The van der Waals surface area contributed by atoms with E-state index < -0.39 is 5.97 Å². The zero-order valence-corrected chi connectivity index (χ0v) is 16.9. The molecule has 1 aromatic carbocycles. The van der Waals surface area contributed by atoms with Crippen LogP contribution in [-0.2, 0) is 4.79 Å². The molecule has 5 rings (SSSR count). The Bertz CT molecular complexity index is 1000. The molecule has 2 fully saturated rings. The van der Waals surface area contributed by atoms with E-state index in [4.69, 9.17) is 10.1 Å². The van der Waals surface area contributed by atoms with E-state index in [1.54, 1.807) is 12.4 Å². The van der Waals surface area contributed by atoms with Crippen LogP contribution in [0.1, 0.15) is 12.8 Å². The van der Waals surface area contributed by atoms with E-state index in [-0.39, 0.29) is 5.92 Å². The molecule has 1 aliphatic carbocycles. The van der Waals surface area contributed by atoms with Gasteiger partial charge in [0.2, 0.25) is 5.95 Å². The molecule has 1 aliphatic heterocycles. The number of aliphatic carboxylic acids is 1. The van der Waals surface area contributed by atoms with Gasteiger partial charge >= 0.3 is 5.97 Å². The van der Waals surface area contributed by atoms with E-state index in [0.29, 0.717) is 22.9 Å². The van der Waals surface area contributed by atoms with Gasteiger partial charge in [-0.3, -0.25) is 4.79 Å². The van der Waals surface area contributed by atoms with E-state index in [2.05, 4.69) is 37.1 Å². The van der Waals surface area contributed by atoms with Crippen LogP contribution in [0.4, 0.5) is 17.5 Å². The number of hydrogen-bond acceptors (Lipinski definition) is 8. The molecule has 0 atom stereocenters. The van der Waals surface area contributed by atoms with Crippen molar-refractivity contribution in [3.05, 3.63) is 42.7 Å². The minimum Gasteiger partial charge on any atom is -0.481 e. The number of piperazine rings is 1. The maximum absolute atomic E-state index is 9.76. The summed E-state index contributed by atoms with van der Waals surface area (Å²) < 4.78 is 0. The number of carbonyl (C=O) groups is 1. The second-order valence-electron chi connectivity index (χ2n) is 7.49. The summed E-state index contributed by atoms with van der Waals surface area (Å²) in [6, 6.07) is 9.95. The lowest BCUT2D eigenvalue weighted by Gasteiger charge is -2.32. The molecule has 0 unspecified atom stereocenters. The van der Waals surface area contributed by atoms with Crippen molar-refractivity contribution in [3.8, 4) is 0 Å². The fourth-order valence-corrected chi connectivity index (χ4v) is 3.08. The summed E-state index contributed by atoms with van der Waals surface area (Å²) >= 11 is 0. The first-order valence-corrected chi connectivity index (χ1v) is 10.1. The number of fused-ring (bicyclic) bond motifs is 1. The molecule has 156 valence electrons. The highest BCUT2D eigenvalue weighted by Crippen LogP contribution is 2.28. The standard InChI is InChI=1S/C17H19N7.C4H6O2/c1-23-9-11-24(12-10-23)17-21-15-14(18-7-8-19-15)16(22-17)20-13-5-3-2-4-6-13;5-4(6)3-1-2-3/h2-8H,9-12H2,1H3,(H,19,20,21,22);3H,1-2H2,(H,5,6). The molecule has 1 saturated carbocycles. The fourth-order valence-electron chi connectivity index (χ4n) is 3.08. The first kappa shape index (κ1) is 20.0. The number of hydrogen-bond donors (Lipinski definition) is 2. The van der Waals surface area contributed by atoms with Crippen LogP contribution < -0.4 is 10.2 Å². The van der Waals surface area contributed by atoms with Gasteiger partial charge in [-0.1, -0.05) is 18.2 Å². The molecule has 3 heterocycles. The van der Waals surface area contributed by atoms with Crippen LogP contribution >= 0.6 is 0 Å². The third kappa shape index (κ3) is 4.98. The number of nitrogens with zero attached hydrogens (tertiary/aromatic N) is 6. The van der Waals surface area contributed by atoms with Crippen molar-refractivity contribution in [2.75, 3.05) is 43.4 Å². The van der Waals surface area contributed by atoms with Crippen LogP contribution in [0, 0.1) is 5.92 Å². The Hall–Kier alpha value is -3.33. The molecule has 30 heavy (non-hydrogen) atoms. The lowest BCUT2D eigenvalue weighted by Crippen LogP contribution is -2.45. The second kappa shape index (κ2) is 9.00. The monoisotopic (exact) mass is 407 g/mol. The predicted octanol–water partition coefficient (Wildman–Crippen LogP) is 2.40. The Morgan fingerprint density at radius 2 is 1.73 bits per heavy atom. The summed E-state index contributed by atoms with van der Waals surface area (Å²) in [6.45, 7) is 3.83. The first-order chi connectivity index (χ1) is 14.6. The minimum absolute atomic E-state index is 0.0185. The zero-order chi connectivity index (χ0) is 20.9. The normalized spacial score (nSPS) is 16.6. The Morgan fingerprint density at radius 1 is 1.03 bits per heavy atom. The number of nitrogens with one attached hydrogen (secondary N) is 1. The van der Waals surface area contributed by atoms with Gasteiger partial charge in [-0.15, -0.1) is 0 Å². The molecule has 3 aromatic rings. The Morgan fingerprint density at radius 3 is 2.37 bits per heavy atom. The number of aromatic nitrogens is 4. The summed E-state index contributed by atoms with van der Waals surface area (Å²) in [5, 5.41) is 11.4. The van der Waals surface area contributed by atoms with Crippen LogP contribution in [-0.4, -0.2) is 69.1 Å². The van der Waals surface area contributed by atoms with Crippen molar-refractivity contribution in [2.45, 2.75) is 12.8 Å². The maximum atomic E-state index is 9.76. The lowest BCUT2D eigenvalue weighted by atomic mass is 10.3. The third-order valence-electron chi connectivity index (χ3n) is 5.07. The summed E-state index contributed by atoms with van der Waals surface area (Å²) in [7, 11) is 2.13. The predicted molar refractivity (Wildman–Crippen MR) is 115 cm³/mol. The molecule has 9 nitrogen and oxygen atoms in total. The van der Waals surface area contributed by atoms with E-state index in [9.17, 15) is 4.79 Å². The lowest BCUT2D eigenvalue weighted by molar-refractivity contribution is -0.138. The molecule has 0 bridgehead atoms. The SMILES string of the molecule is CN1CCN(c2nc(Nc3ccccc3)c3nccnc3n2)CC1.O=C(O)C1CC1. The second-order valence-corrected chi connectivity index (χ2v) is 7.49. The van der Waals surface area contributed by atoms with Gasteiger partial charge in [0.25, 0.3) is 0 Å². The molecule has 2 aliphatic rings. The molecule has 1 saturated heterocycles.